The molecular formula is C18H18N2O3. The number of imide groups is 1. The van der Waals surface area contributed by atoms with E-state index in [1.807, 2.05) is 18.2 Å². The summed E-state index contributed by atoms with van der Waals surface area (Å²) in [6.07, 6.45) is 5.20. The maximum absolute atomic E-state index is 12.5. The van der Waals surface area contributed by atoms with Crippen LogP contribution in [-0.2, 0) is 14.4 Å². The van der Waals surface area contributed by atoms with Gasteiger partial charge in [-0.25, -0.2) is 0 Å². The smallest absolute Gasteiger partial charge is 0.233 e. The summed E-state index contributed by atoms with van der Waals surface area (Å²) in [7, 11) is 0. The fourth-order valence-electron chi connectivity index (χ4n) is 4.14. The molecule has 0 radical (unpaired) electrons. The van der Waals surface area contributed by atoms with Gasteiger partial charge >= 0.3 is 0 Å². The predicted molar refractivity (Wildman–Crippen MR) is 84.1 cm³/mol. The second kappa shape index (κ2) is 5.33. The summed E-state index contributed by atoms with van der Waals surface area (Å²) < 4.78 is 0. The summed E-state index contributed by atoms with van der Waals surface area (Å²) in [4.78, 5) is 38.3. The predicted octanol–water partition coefficient (Wildman–Crippen LogP) is 1.82. The van der Waals surface area contributed by atoms with Crippen molar-refractivity contribution in [2.45, 2.75) is 12.8 Å². The molecule has 5 heteroatoms. The first-order valence-corrected chi connectivity index (χ1v) is 8.03. The van der Waals surface area contributed by atoms with Gasteiger partial charge in [0, 0.05) is 18.7 Å². The third-order valence-corrected chi connectivity index (χ3v) is 5.18. The van der Waals surface area contributed by atoms with E-state index in [4.69, 9.17) is 0 Å². The van der Waals surface area contributed by atoms with Gasteiger partial charge in [0.2, 0.25) is 17.7 Å². The lowest BCUT2D eigenvalue weighted by Gasteiger charge is -2.16. The molecule has 2 aliphatic carbocycles. The van der Waals surface area contributed by atoms with Crippen LogP contribution in [0.5, 0.6) is 0 Å². The lowest BCUT2D eigenvalue weighted by molar-refractivity contribution is -0.140. The van der Waals surface area contributed by atoms with Gasteiger partial charge in [-0.2, -0.15) is 0 Å². The molecule has 1 N–H and O–H groups in total. The van der Waals surface area contributed by atoms with Crippen LogP contribution in [0.3, 0.4) is 0 Å². The molecule has 1 aliphatic heterocycles. The third-order valence-electron chi connectivity index (χ3n) is 5.18. The Kier molecular flexibility index (Phi) is 3.29. The highest BCUT2D eigenvalue weighted by Crippen LogP contribution is 2.52. The minimum absolute atomic E-state index is 0.0932. The monoisotopic (exact) mass is 310 g/mol. The van der Waals surface area contributed by atoms with Crippen molar-refractivity contribution in [1.82, 2.24) is 4.90 Å². The second-order valence-corrected chi connectivity index (χ2v) is 6.49. The van der Waals surface area contributed by atoms with Crippen LogP contribution in [0, 0.1) is 23.7 Å². The summed E-state index contributed by atoms with van der Waals surface area (Å²) in [5.41, 5.74) is 0.718. The Bertz CT molecular complexity index is 667. The number of amides is 3. The summed E-state index contributed by atoms with van der Waals surface area (Å²) in [5.74, 6) is -0.317. The largest absolute Gasteiger partial charge is 0.326 e. The van der Waals surface area contributed by atoms with E-state index >= 15 is 0 Å². The Balaban J connectivity index is 1.38. The fraction of sp³-hybridized carbons (Fsp3) is 0.389. The van der Waals surface area contributed by atoms with Gasteiger partial charge in [0.1, 0.15) is 0 Å². The van der Waals surface area contributed by atoms with Crippen LogP contribution in [0.1, 0.15) is 12.8 Å². The Morgan fingerprint density at radius 2 is 1.65 bits per heavy atom. The number of para-hydroxylation sites is 1. The van der Waals surface area contributed by atoms with E-state index in [-0.39, 0.29) is 54.4 Å². The van der Waals surface area contributed by atoms with Crippen molar-refractivity contribution in [3.63, 3.8) is 0 Å². The first-order chi connectivity index (χ1) is 11.1. The number of nitrogens with zero attached hydrogens (tertiary/aromatic N) is 1. The maximum Gasteiger partial charge on any atom is 0.233 e. The number of allylic oxidation sites excluding steroid dienone is 2. The molecule has 1 saturated carbocycles. The quantitative estimate of drug-likeness (QED) is 0.681. The van der Waals surface area contributed by atoms with Gasteiger partial charge in [-0.1, -0.05) is 30.4 Å². The number of anilines is 1. The number of carbonyl (C=O) groups is 3. The lowest BCUT2D eigenvalue weighted by atomic mass is 9.85. The van der Waals surface area contributed by atoms with Gasteiger partial charge < -0.3 is 5.32 Å². The van der Waals surface area contributed by atoms with Crippen LogP contribution in [0.2, 0.25) is 0 Å². The fourth-order valence-corrected chi connectivity index (χ4v) is 4.14. The standard InChI is InChI=1S/C18H18N2O3/c21-14(19-13-4-2-1-3-5-13)8-9-20-17(22)15-11-6-7-12(10-11)16(15)18(20)23/h1-7,11-12,15-16H,8-10H2,(H,19,21)/t11-,12-,15-,16+/m0/s1. The molecule has 4 atom stereocenters. The minimum atomic E-state index is -0.185. The highest BCUT2D eigenvalue weighted by atomic mass is 16.2. The number of carbonyl (C=O) groups excluding carboxylic acids is 3. The van der Waals surface area contributed by atoms with Crippen LogP contribution in [0.15, 0.2) is 42.5 Å². The lowest BCUT2D eigenvalue weighted by Crippen LogP contribution is -2.35. The number of hydrogen-bond acceptors (Lipinski definition) is 3. The van der Waals surface area contributed by atoms with Crippen LogP contribution in [-0.4, -0.2) is 29.2 Å². The molecule has 1 aromatic carbocycles. The van der Waals surface area contributed by atoms with Crippen molar-refractivity contribution < 1.29 is 14.4 Å². The van der Waals surface area contributed by atoms with E-state index in [0.717, 1.165) is 12.1 Å². The Morgan fingerprint density at radius 3 is 2.26 bits per heavy atom. The van der Waals surface area contributed by atoms with Crippen molar-refractivity contribution in [1.29, 1.82) is 0 Å². The zero-order valence-corrected chi connectivity index (χ0v) is 12.6. The normalized spacial score (nSPS) is 30.9. The summed E-state index contributed by atoms with van der Waals surface area (Å²) in [5, 5.41) is 2.78. The molecule has 3 amide bonds. The van der Waals surface area contributed by atoms with Crippen LogP contribution >= 0.6 is 0 Å². The van der Waals surface area contributed by atoms with E-state index in [2.05, 4.69) is 17.5 Å². The third kappa shape index (κ3) is 2.27. The highest BCUT2D eigenvalue weighted by Gasteiger charge is 2.58. The van der Waals surface area contributed by atoms with Crippen molar-refractivity contribution >= 4 is 23.4 Å². The van der Waals surface area contributed by atoms with Gasteiger partial charge in [0.05, 0.1) is 11.8 Å². The van der Waals surface area contributed by atoms with Gasteiger partial charge in [-0.05, 0) is 30.4 Å². The molecule has 0 unspecified atom stereocenters. The van der Waals surface area contributed by atoms with E-state index in [1.54, 1.807) is 12.1 Å². The van der Waals surface area contributed by atoms with Gasteiger partial charge in [-0.3, -0.25) is 19.3 Å². The summed E-state index contributed by atoms with van der Waals surface area (Å²) >= 11 is 0. The van der Waals surface area contributed by atoms with E-state index in [9.17, 15) is 14.4 Å². The van der Waals surface area contributed by atoms with Crippen molar-refractivity contribution in [3.05, 3.63) is 42.5 Å². The van der Waals surface area contributed by atoms with E-state index in [1.165, 1.54) is 4.90 Å². The minimum Gasteiger partial charge on any atom is -0.326 e. The van der Waals surface area contributed by atoms with Gasteiger partial charge in [-0.15, -0.1) is 0 Å². The number of nitrogens with one attached hydrogen (secondary N) is 1. The molecule has 0 aromatic heterocycles. The molecule has 0 spiro atoms. The molecule has 2 bridgehead atoms. The highest BCUT2D eigenvalue weighted by molar-refractivity contribution is 6.06. The van der Waals surface area contributed by atoms with E-state index in [0.29, 0.717) is 0 Å². The van der Waals surface area contributed by atoms with Gasteiger partial charge in [0.25, 0.3) is 0 Å². The van der Waals surface area contributed by atoms with Crippen molar-refractivity contribution in [2.24, 2.45) is 23.7 Å². The SMILES string of the molecule is O=C(CCN1C(=O)[C@@H]2[C@H](C1=O)[C@H]1C=C[C@H]2C1)Nc1ccccc1. The van der Waals surface area contributed by atoms with Crippen LogP contribution in [0.25, 0.3) is 0 Å². The molecule has 4 rings (SSSR count). The molecule has 1 heterocycles. The maximum atomic E-state index is 12.5. The Hall–Kier alpha value is -2.43. The zero-order chi connectivity index (χ0) is 16.0. The second-order valence-electron chi connectivity index (χ2n) is 6.49. The molecule has 5 nitrogen and oxygen atoms in total. The first-order valence-electron chi connectivity index (χ1n) is 8.03. The molecular weight excluding hydrogens is 292 g/mol. The van der Waals surface area contributed by atoms with Crippen molar-refractivity contribution in [2.75, 3.05) is 11.9 Å². The first kappa shape index (κ1) is 14.2. The molecule has 1 saturated heterocycles. The van der Waals surface area contributed by atoms with Crippen LogP contribution in [0.4, 0.5) is 5.69 Å². The zero-order valence-electron chi connectivity index (χ0n) is 12.6. The molecule has 118 valence electrons. The molecule has 1 aromatic rings. The number of rotatable bonds is 4. The average Bonchev–Trinajstić information content (AvgIpc) is 3.22. The van der Waals surface area contributed by atoms with E-state index < -0.39 is 0 Å². The van der Waals surface area contributed by atoms with Crippen molar-refractivity contribution in [3.8, 4) is 0 Å². The summed E-state index contributed by atoms with van der Waals surface area (Å²) in [6.45, 7) is 0.169. The summed E-state index contributed by atoms with van der Waals surface area (Å²) in [6, 6.07) is 9.16. The van der Waals surface area contributed by atoms with Crippen LogP contribution < -0.4 is 5.32 Å². The topological polar surface area (TPSA) is 66.5 Å². The Morgan fingerprint density at radius 1 is 1.04 bits per heavy atom. The molecule has 23 heavy (non-hydrogen) atoms. The average molecular weight is 310 g/mol. The number of benzene rings is 1. The number of fused-ring (bicyclic) bond motifs is 5. The van der Waals surface area contributed by atoms with Gasteiger partial charge in [0.15, 0.2) is 0 Å². The molecule has 3 aliphatic rings. The number of likely N-dealkylation sites (tertiary alicyclic amines) is 1. The number of hydrogen-bond donors (Lipinski definition) is 1. The Labute approximate surface area is 134 Å². The molecule has 2 fully saturated rings.